The van der Waals surface area contributed by atoms with Gasteiger partial charge in [0.05, 0.1) is 7.11 Å². The van der Waals surface area contributed by atoms with Crippen LogP contribution in [0.4, 0.5) is 0 Å². The van der Waals surface area contributed by atoms with Crippen molar-refractivity contribution in [2.75, 3.05) is 7.11 Å². The van der Waals surface area contributed by atoms with Crippen molar-refractivity contribution in [1.29, 1.82) is 0 Å². The third kappa shape index (κ3) is 5.27. The number of rotatable bonds is 7. The standard InChI is InChI=1S/C16H26N2O3/c1-6-16(3,4)18-15(19)11(2)21-14-8-12(10-17)7-13(9-14)20-5/h7-9,11H,6,10,17H2,1-5H3,(H,18,19). The van der Waals surface area contributed by atoms with Crippen molar-refractivity contribution in [1.82, 2.24) is 5.32 Å². The molecule has 1 aromatic carbocycles. The van der Waals surface area contributed by atoms with Crippen LogP contribution < -0.4 is 20.5 Å². The third-order valence-corrected chi connectivity index (χ3v) is 3.44. The van der Waals surface area contributed by atoms with Crippen molar-refractivity contribution < 1.29 is 14.3 Å². The smallest absolute Gasteiger partial charge is 0.261 e. The van der Waals surface area contributed by atoms with Crippen molar-refractivity contribution in [3.05, 3.63) is 23.8 Å². The van der Waals surface area contributed by atoms with Gasteiger partial charge in [0, 0.05) is 18.2 Å². The Balaban J connectivity index is 2.78. The van der Waals surface area contributed by atoms with Crippen molar-refractivity contribution in [3.8, 4) is 11.5 Å². The lowest BCUT2D eigenvalue weighted by molar-refractivity contribution is -0.128. The maximum Gasteiger partial charge on any atom is 0.261 e. The first-order valence-corrected chi connectivity index (χ1v) is 7.18. The van der Waals surface area contributed by atoms with Gasteiger partial charge in [0.15, 0.2) is 6.10 Å². The summed E-state index contributed by atoms with van der Waals surface area (Å²) in [5.41, 5.74) is 6.29. The number of hydrogen-bond donors (Lipinski definition) is 2. The number of ether oxygens (including phenoxy) is 2. The van der Waals surface area contributed by atoms with E-state index in [9.17, 15) is 4.79 Å². The molecule has 0 aliphatic heterocycles. The summed E-state index contributed by atoms with van der Waals surface area (Å²) in [4.78, 5) is 12.1. The molecule has 1 unspecified atom stereocenters. The fourth-order valence-electron chi connectivity index (χ4n) is 1.72. The van der Waals surface area contributed by atoms with E-state index in [2.05, 4.69) is 5.32 Å². The second kappa shape index (κ2) is 7.31. The topological polar surface area (TPSA) is 73.6 Å². The van der Waals surface area contributed by atoms with Gasteiger partial charge in [0.1, 0.15) is 11.5 Å². The molecule has 21 heavy (non-hydrogen) atoms. The molecule has 3 N–H and O–H groups in total. The third-order valence-electron chi connectivity index (χ3n) is 3.44. The highest BCUT2D eigenvalue weighted by atomic mass is 16.5. The van der Waals surface area contributed by atoms with Crippen LogP contribution in [0.5, 0.6) is 11.5 Å². The first-order valence-electron chi connectivity index (χ1n) is 7.18. The summed E-state index contributed by atoms with van der Waals surface area (Å²) in [6.45, 7) is 8.10. The number of benzene rings is 1. The van der Waals surface area contributed by atoms with Gasteiger partial charge in [-0.15, -0.1) is 0 Å². The van der Waals surface area contributed by atoms with Crippen LogP contribution in [0, 0.1) is 0 Å². The molecule has 0 aromatic heterocycles. The van der Waals surface area contributed by atoms with E-state index in [0.717, 1.165) is 12.0 Å². The van der Waals surface area contributed by atoms with Gasteiger partial charge in [0.2, 0.25) is 0 Å². The number of amides is 1. The van der Waals surface area contributed by atoms with Gasteiger partial charge in [0.25, 0.3) is 5.91 Å². The van der Waals surface area contributed by atoms with Crippen LogP contribution in [-0.4, -0.2) is 24.7 Å². The number of nitrogens with one attached hydrogen (secondary N) is 1. The molecule has 0 spiro atoms. The molecule has 0 saturated carbocycles. The van der Waals surface area contributed by atoms with Gasteiger partial charge in [-0.3, -0.25) is 4.79 Å². The van der Waals surface area contributed by atoms with Crippen LogP contribution in [0.25, 0.3) is 0 Å². The Hall–Kier alpha value is -1.75. The molecular formula is C16H26N2O3. The van der Waals surface area contributed by atoms with Gasteiger partial charge in [-0.25, -0.2) is 0 Å². The maximum absolute atomic E-state index is 12.1. The predicted octanol–water partition coefficient (Wildman–Crippen LogP) is 2.23. The fraction of sp³-hybridized carbons (Fsp3) is 0.562. The molecule has 0 saturated heterocycles. The van der Waals surface area contributed by atoms with Gasteiger partial charge < -0.3 is 20.5 Å². The van der Waals surface area contributed by atoms with E-state index in [1.165, 1.54) is 0 Å². The molecule has 0 aliphatic rings. The Morgan fingerprint density at radius 3 is 2.48 bits per heavy atom. The van der Waals surface area contributed by atoms with Crippen LogP contribution >= 0.6 is 0 Å². The summed E-state index contributed by atoms with van der Waals surface area (Å²) in [7, 11) is 1.58. The summed E-state index contributed by atoms with van der Waals surface area (Å²) in [6, 6.07) is 5.41. The highest BCUT2D eigenvalue weighted by molar-refractivity contribution is 5.81. The first kappa shape index (κ1) is 17.3. The van der Waals surface area contributed by atoms with Crippen LogP contribution in [0.1, 0.15) is 39.7 Å². The molecule has 1 atom stereocenters. The van der Waals surface area contributed by atoms with Crippen LogP contribution in [0.3, 0.4) is 0 Å². The monoisotopic (exact) mass is 294 g/mol. The molecule has 1 amide bonds. The van der Waals surface area contributed by atoms with Gasteiger partial charge in [-0.1, -0.05) is 6.92 Å². The van der Waals surface area contributed by atoms with Crippen LogP contribution in [0.15, 0.2) is 18.2 Å². The van der Waals surface area contributed by atoms with E-state index in [1.54, 1.807) is 20.1 Å². The molecule has 118 valence electrons. The van der Waals surface area contributed by atoms with Gasteiger partial charge in [-0.05, 0) is 44.9 Å². The minimum Gasteiger partial charge on any atom is -0.497 e. The number of carbonyl (C=O) groups excluding carboxylic acids is 1. The Morgan fingerprint density at radius 1 is 1.33 bits per heavy atom. The lowest BCUT2D eigenvalue weighted by Crippen LogP contribution is -2.48. The van der Waals surface area contributed by atoms with Crippen molar-refractivity contribution in [2.45, 2.75) is 52.3 Å². The highest BCUT2D eigenvalue weighted by Gasteiger charge is 2.23. The number of methoxy groups -OCH3 is 1. The van der Waals surface area contributed by atoms with Gasteiger partial charge in [-0.2, -0.15) is 0 Å². The molecule has 0 aliphatic carbocycles. The molecule has 5 heteroatoms. The largest absolute Gasteiger partial charge is 0.497 e. The zero-order chi connectivity index (χ0) is 16.0. The molecule has 1 aromatic rings. The molecule has 0 fully saturated rings. The highest BCUT2D eigenvalue weighted by Crippen LogP contribution is 2.23. The summed E-state index contributed by atoms with van der Waals surface area (Å²) in [6.07, 6.45) is 0.260. The molecule has 0 bridgehead atoms. The van der Waals surface area contributed by atoms with E-state index in [4.69, 9.17) is 15.2 Å². The van der Waals surface area contributed by atoms with Crippen molar-refractivity contribution in [3.63, 3.8) is 0 Å². The Bertz CT molecular complexity index is 464. The maximum atomic E-state index is 12.1. The zero-order valence-electron chi connectivity index (χ0n) is 13.5. The van der Waals surface area contributed by atoms with E-state index >= 15 is 0 Å². The van der Waals surface area contributed by atoms with E-state index in [0.29, 0.717) is 18.0 Å². The quantitative estimate of drug-likeness (QED) is 0.808. The molecular weight excluding hydrogens is 268 g/mol. The van der Waals surface area contributed by atoms with E-state index in [-0.39, 0.29) is 11.4 Å². The second-order valence-electron chi connectivity index (χ2n) is 5.71. The average molecular weight is 294 g/mol. The Kier molecular flexibility index (Phi) is 6.03. The Morgan fingerprint density at radius 2 is 1.95 bits per heavy atom. The zero-order valence-corrected chi connectivity index (χ0v) is 13.5. The number of nitrogens with two attached hydrogens (primary N) is 1. The molecule has 0 heterocycles. The summed E-state index contributed by atoms with van der Waals surface area (Å²) in [5.74, 6) is 1.10. The summed E-state index contributed by atoms with van der Waals surface area (Å²) < 4.78 is 10.9. The lowest BCUT2D eigenvalue weighted by atomic mass is 10.0. The average Bonchev–Trinajstić information content (AvgIpc) is 2.46. The Labute approximate surface area is 126 Å². The van der Waals surface area contributed by atoms with Crippen molar-refractivity contribution >= 4 is 5.91 Å². The minimum atomic E-state index is -0.589. The fourth-order valence-corrected chi connectivity index (χ4v) is 1.72. The lowest BCUT2D eigenvalue weighted by Gasteiger charge is -2.26. The predicted molar refractivity (Wildman–Crippen MR) is 83.5 cm³/mol. The number of carbonyl (C=O) groups is 1. The second-order valence-corrected chi connectivity index (χ2v) is 5.71. The molecule has 0 radical (unpaired) electrons. The number of hydrogen-bond acceptors (Lipinski definition) is 4. The summed E-state index contributed by atoms with van der Waals surface area (Å²) >= 11 is 0. The molecule has 5 nitrogen and oxygen atoms in total. The van der Waals surface area contributed by atoms with Crippen LogP contribution in [-0.2, 0) is 11.3 Å². The summed E-state index contributed by atoms with van der Waals surface area (Å²) in [5, 5.41) is 2.96. The normalized spacial score (nSPS) is 12.7. The molecule has 1 rings (SSSR count). The SMILES string of the molecule is CCC(C)(C)NC(=O)C(C)Oc1cc(CN)cc(OC)c1. The minimum absolute atomic E-state index is 0.140. The van der Waals surface area contributed by atoms with E-state index < -0.39 is 6.10 Å². The van der Waals surface area contributed by atoms with Gasteiger partial charge >= 0.3 is 0 Å². The van der Waals surface area contributed by atoms with E-state index in [1.807, 2.05) is 32.9 Å². The first-order chi connectivity index (χ1) is 9.81. The van der Waals surface area contributed by atoms with Crippen LogP contribution in [0.2, 0.25) is 0 Å². The van der Waals surface area contributed by atoms with Crippen molar-refractivity contribution in [2.24, 2.45) is 5.73 Å².